The van der Waals surface area contributed by atoms with Gasteiger partial charge in [-0.05, 0) is 28.8 Å². The predicted molar refractivity (Wildman–Crippen MR) is 109 cm³/mol. The van der Waals surface area contributed by atoms with Crippen molar-refractivity contribution in [2.75, 3.05) is 5.75 Å². The normalized spacial score (nSPS) is 11.0. The molecule has 0 radical (unpaired) electrons. The molecule has 0 aliphatic carbocycles. The largest absolute Gasteiger partial charge is 0.301 e. The summed E-state index contributed by atoms with van der Waals surface area (Å²) in [5.41, 5.74) is 1.84. The first-order valence-electron chi connectivity index (χ1n) is 8.27. The molecule has 0 aliphatic heterocycles. The number of hydrogen-bond donors (Lipinski definition) is 1. The van der Waals surface area contributed by atoms with E-state index in [4.69, 9.17) is 5.26 Å². The van der Waals surface area contributed by atoms with E-state index in [0.717, 1.165) is 33.5 Å². The average molecular weight is 377 g/mol. The Morgan fingerprint density at radius 2 is 2.04 bits per heavy atom. The van der Waals surface area contributed by atoms with E-state index in [-0.39, 0.29) is 5.56 Å². The maximum atomic E-state index is 12.7. The van der Waals surface area contributed by atoms with Gasteiger partial charge in [0.05, 0.1) is 11.5 Å². The van der Waals surface area contributed by atoms with Gasteiger partial charge >= 0.3 is 0 Å². The summed E-state index contributed by atoms with van der Waals surface area (Å²) in [5.74, 6) is 0.769. The number of thioether (sulfide) groups is 1. The molecule has 2 aromatic carbocycles. The van der Waals surface area contributed by atoms with Crippen molar-refractivity contribution < 1.29 is 0 Å². The van der Waals surface area contributed by atoms with Gasteiger partial charge in [0.1, 0.15) is 4.83 Å². The molecule has 0 atom stereocenters. The quantitative estimate of drug-likeness (QED) is 0.295. The van der Waals surface area contributed by atoms with E-state index < -0.39 is 0 Å². The van der Waals surface area contributed by atoms with Gasteiger partial charge in [-0.1, -0.05) is 48.2 Å². The zero-order valence-corrected chi connectivity index (χ0v) is 15.5. The first kappa shape index (κ1) is 16.8. The molecule has 0 amide bonds. The van der Waals surface area contributed by atoms with E-state index in [1.807, 2.05) is 23.6 Å². The van der Waals surface area contributed by atoms with Gasteiger partial charge in [0, 0.05) is 23.1 Å². The van der Waals surface area contributed by atoms with Crippen LogP contribution in [0.2, 0.25) is 0 Å². The molecule has 0 saturated carbocycles. The summed E-state index contributed by atoms with van der Waals surface area (Å²) < 4.78 is 0. The molecule has 0 aliphatic rings. The molecule has 0 bridgehead atoms. The molecule has 26 heavy (non-hydrogen) atoms. The number of thiophene rings is 1. The highest BCUT2D eigenvalue weighted by Crippen LogP contribution is 2.33. The lowest BCUT2D eigenvalue weighted by atomic mass is 10.0. The molecule has 1 N–H and O–H groups in total. The molecular weight excluding hydrogens is 362 g/mol. The van der Waals surface area contributed by atoms with E-state index in [1.54, 1.807) is 0 Å². The van der Waals surface area contributed by atoms with Crippen molar-refractivity contribution in [3.8, 4) is 17.2 Å². The second-order valence-corrected chi connectivity index (χ2v) is 7.81. The minimum Gasteiger partial charge on any atom is -0.301 e. The molecule has 0 saturated heterocycles. The first-order valence-corrected chi connectivity index (χ1v) is 10.1. The molecule has 4 aromatic rings. The van der Waals surface area contributed by atoms with Gasteiger partial charge in [-0.15, -0.1) is 11.3 Å². The van der Waals surface area contributed by atoms with Crippen molar-refractivity contribution in [3.63, 3.8) is 0 Å². The Morgan fingerprint density at radius 1 is 1.19 bits per heavy atom. The highest BCUT2D eigenvalue weighted by molar-refractivity contribution is 7.99. The van der Waals surface area contributed by atoms with Crippen molar-refractivity contribution in [3.05, 3.63) is 58.2 Å². The van der Waals surface area contributed by atoms with Gasteiger partial charge in [-0.25, -0.2) is 4.98 Å². The fourth-order valence-corrected chi connectivity index (χ4v) is 4.70. The minimum absolute atomic E-state index is 0.109. The average Bonchev–Trinajstić information content (AvgIpc) is 3.09. The zero-order valence-electron chi connectivity index (χ0n) is 13.9. The van der Waals surface area contributed by atoms with Gasteiger partial charge in [-0.2, -0.15) is 5.26 Å². The number of aromatic amines is 1. The fraction of sp³-hybridized carbons (Fsp3) is 0.150. The van der Waals surface area contributed by atoms with Gasteiger partial charge < -0.3 is 4.98 Å². The lowest BCUT2D eigenvalue weighted by molar-refractivity contribution is 0.951. The van der Waals surface area contributed by atoms with Crippen LogP contribution in [-0.4, -0.2) is 15.7 Å². The number of nitrogens with one attached hydrogen (secondary N) is 1. The summed E-state index contributed by atoms with van der Waals surface area (Å²) in [5, 5.41) is 14.2. The van der Waals surface area contributed by atoms with Crippen molar-refractivity contribution in [1.82, 2.24) is 9.97 Å². The molecule has 0 unspecified atom stereocenters. The third-order valence-electron chi connectivity index (χ3n) is 4.15. The number of unbranched alkanes of at least 4 members (excludes halogenated alkanes) is 1. The van der Waals surface area contributed by atoms with Crippen molar-refractivity contribution in [2.45, 2.75) is 18.0 Å². The van der Waals surface area contributed by atoms with E-state index >= 15 is 0 Å². The molecule has 2 aromatic heterocycles. The third-order valence-corrected chi connectivity index (χ3v) is 5.99. The number of nitriles is 1. The third kappa shape index (κ3) is 3.24. The van der Waals surface area contributed by atoms with E-state index in [1.165, 1.54) is 28.5 Å². The Morgan fingerprint density at radius 3 is 2.88 bits per heavy atom. The van der Waals surface area contributed by atoms with Crippen LogP contribution in [0.5, 0.6) is 0 Å². The summed E-state index contributed by atoms with van der Waals surface area (Å²) in [6.45, 7) is 0. The van der Waals surface area contributed by atoms with Crippen LogP contribution < -0.4 is 5.56 Å². The van der Waals surface area contributed by atoms with Crippen LogP contribution in [0.1, 0.15) is 12.8 Å². The van der Waals surface area contributed by atoms with Crippen LogP contribution in [0, 0.1) is 11.3 Å². The van der Waals surface area contributed by atoms with E-state index in [9.17, 15) is 4.79 Å². The van der Waals surface area contributed by atoms with Crippen molar-refractivity contribution in [2.24, 2.45) is 0 Å². The maximum absolute atomic E-state index is 12.7. The molecule has 4 nitrogen and oxygen atoms in total. The predicted octanol–water partition coefficient (Wildman–Crippen LogP) is 5.20. The number of hydrogen-bond acceptors (Lipinski definition) is 5. The Balaban J connectivity index is 1.72. The Hall–Kier alpha value is -2.62. The van der Waals surface area contributed by atoms with Gasteiger partial charge in [-0.3, -0.25) is 4.79 Å². The van der Waals surface area contributed by atoms with Crippen LogP contribution in [0.25, 0.3) is 32.1 Å². The molecule has 128 valence electrons. The lowest BCUT2D eigenvalue weighted by Crippen LogP contribution is -2.08. The monoisotopic (exact) mass is 377 g/mol. The smallest absolute Gasteiger partial charge is 0.260 e. The number of H-pyrrole nitrogens is 1. The number of nitrogens with zero attached hydrogens (tertiary/aromatic N) is 2. The van der Waals surface area contributed by atoms with Crippen LogP contribution in [0.3, 0.4) is 0 Å². The van der Waals surface area contributed by atoms with Gasteiger partial charge in [0.25, 0.3) is 5.56 Å². The first-order chi connectivity index (χ1) is 12.8. The van der Waals surface area contributed by atoms with Crippen LogP contribution in [0.4, 0.5) is 0 Å². The van der Waals surface area contributed by atoms with E-state index in [0.29, 0.717) is 17.0 Å². The second kappa shape index (κ2) is 7.32. The SMILES string of the molecule is N#CCCCSc1nc2scc(-c3ccc4ccccc4c3)c2c(=O)[nH]1. The lowest BCUT2D eigenvalue weighted by Gasteiger charge is -2.04. The summed E-state index contributed by atoms with van der Waals surface area (Å²) in [6.07, 6.45) is 1.31. The standard InChI is InChI=1S/C20H15N3OS2/c21-9-3-4-10-25-20-22-18(24)17-16(12-26-19(17)23-20)15-8-7-13-5-1-2-6-14(13)11-15/h1-2,5-8,11-12H,3-4,10H2,(H,22,23,24). The second-order valence-electron chi connectivity index (χ2n) is 5.87. The van der Waals surface area contributed by atoms with Crippen LogP contribution in [0.15, 0.2) is 57.8 Å². The highest BCUT2D eigenvalue weighted by Gasteiger charge is 2.13. The zero-order chi connectivity index (χ0) is 17.9. The highest BCUT2D eigenvalue weighted by atomic mass is 32.2. The van der Waals surface area contributed by atoms with Crippen molar-refractivity contribution in [1.29, 1.82) is 5.26 Å². The number of aromatic nitrogens is 2. The van der Waals surface area contributed by atoms with Crippen molar-refractivity contribution >= 4 is 44.1 Å². The summed E-state index contributed by atoms with van der Waals surface area (Å²) >= 11 is 2.97. The Labute approximate surface area is 158 Å². The summed E-state index contributed by atoms with van der Waals surface area (Å²) in [6, 6.07) is 16.6. The number of fused-ring (bicyclic) bond motifs is 2. The van der Waals surface area contributed by atoms with Gasteiger partial charge in [0.2, 0.25) is 0 Å². The van der Waals surface area contributed by atoms with Gasteiger partial charge in [0.15, 0.2) is 5.16 Å². The van der Waals surface area contributed by atoms with E-state index in [2.05, 4.69) is 40.3 Å². The summed E-state index contributed by atoms with van der Waals surface area (Å²) in [7, 11) is 0. The Kier molecular flexibility index (Phi) is 4.74. The molecule has 0 fully saturated rings. The molecular formula is C20H15N3OS2. The maximum Gasteiger partial charge on any atom is 0.260 e. The number of benzene rings is 2. The molecule has 2 heterocycles. The summed E-state index contributed by atoms with van der Waals surface area (Å²) in [4.78, 5) is 20.9. The van der Waals surface area contributed by atoms with Crippen LogP contribution in [-0.2, 0) is 0 Å². The number of rotatable bonds is 5. The fourth-order valence-electron chi connectivity index (χ4n) is 2.89. The van der Waals surface area contributed by atoms with Crippen LogP contribution >= 0.6 is 23.1 Å². The molecule has 4 rings (SSSR count). The molecule has 0 spiro atoms. The molecule has 6 heteroatoms. The topological polar surface area (TPSA) is 69.5 Å². The Bertz CT molecular complexity index is 1190. The minimum atomic E-state index is -0.109.